The first-order valence-corrected chi connectivity index (χ1v) is 11.3. The number of hydrogen-bond acceptors (Lipinski definition) is 7. The number of anilines is 2. The summed E-state index contributed by atoms with van der Waals surface area (Å²) in [6.45, 7) is 5.95. The van der Waals surface area contributed by atoms with Crippen molar-refractivity contribution in [2.24, 2.45) is 0 Å². The van der Waals surface area contributed by atoms with Crippen molar-refractivity contribution >= 4 is 29.2 Å². The van der Waals surface area contributed by atoms with E-state index in [1.54, 1.807) is 0 Å². The number of carbonyl (C=O) groups is 1. The second-order valence-corrected chi connectivity index (χ2v) is 8.31. The third kappa shape index (κ3) is 4.24. The molecule has 0 unspecified atom stereocenters. The summed E-state index contributed by atoms with van der Waals surface area (Å²) < 4.78 is 6.95. The normalized spacial score (nSPS) is 11.0. The molecule has 0 aliphatic carbocycles. The Hall–Kier alpha value is -3.59. The van der Waals surface area contributed by atoms with E-state index in [1.807, 2.05) is 69.5 Å². The second kappa shape index (κ2) is 8.88. The summed E-state index contributed by atoms with van der Waals surface area (Å²) >= 11 is 1.40. The molecule has 0 aliphatic rings. The fourth-order valence-electron chi connectivity index (χ4n) is 3.27. The van der Waals surface area contributed by atoms with Crippen LogP contribution in [0.25, 0.3) is 22.8 Å². The van der Waals surface area contributed by atoms with E-state index < -0.39 is 0 Å². The Bertz CT molecular complexity index is 1280. The fraction of sp³-hybridized carbons (Fsp3) is 0.217. The van der Waals surface area contributed by atoms with Crippen LogP contribution in [0.1, 0.15) is 16.7 Å². The van der Waals surface area contributed by atoms with Crippen LogP contribution < -0.4 is 11.1 Å². The number of benzene rings is 2. The summed E-state index contributed by atoms with van der Waals surface area (Å²) in [6, 6.07) is 13.6. The number of nitrogen functional groups attached to an aromatic ring is 1. The van der Waals surface area contributed by atoms with E-state index in [2.05, 4.69) is 20.6 Å². The van der Waals surface area contributed by atoms with Crippen LogP contribution in [0.3, 0.4) is 0 Å². The summed E-state index contributed by atoms with van der Waals surface area (Å²) in [4.78, 5) is 17.2. The molecule has 9 heteroatoms. The van der Waals surface area contributed by atoms with Crippen LogP contribution in [0.2, 0.25) is 0 Å². The standard InChI is InChI=1S/C23H24N6O2S/c1-13-8-10-16(11-9-13)21-26-22(31-28-21)19-20(24)29(27-23(19)32-4)12-18(30)25-17-7-5-6-14(2)15(17)3/h5-11H,12,24H2,1-4H3,(H,25,30). The van der Waals surface area contributed by atoms with Gasteiger partial charge in [0.1, 0.15) is 23.0 Å². The highest BCUT2D eigenvalue weighted by Crippen LogP contribution is 2.35. The Morgan fingerprint density at radius 1 is 1.16 bits per heavy atom. The molecule has 1 amide bonds. The van der Waals surface area contributed by atoms with E-state index in [-0.39, 0.29) is 18.3 Å². The van der Waals surface area contributed by atoms with Gasteiger partial charge in [-0.1, -0.05) is 47.1 Å². The molecule has 164 valence electrons. The Labute approximate surface area is 190 Å². The van der Waals surface area contributed by atoms with Crippen LogP contribution >= 0.6 is 11.8 Å². The molecule has 0 bridgehead atoms. The zero-order chi connectivity index (χ0) is 22.8. The third-order valence-electron chi connectivity index (χ3n) is 5.27. The van der Waals surface area contributed by atoms with E-state index in [4.69, 9.17) is 10.3 Å². The Morgan fingerprint density at radius 2 is 1.91 bits per heavy atom. The monoisotopic (exact) mass is 448 g/mol. The van der Waals surface area contributed by atoms with Gasteiger partial charge in [0.25, 0.3) is 5.89 Å². The van der Waals surface area contributed by atoms with Crippen molar-refractivity contribution in [3.63, 3.8) is 0 Å². The van der Waals surface area contributed by atoms with Crippen LogP contribution in [0.5, 0.6) is 0 Å². The summed E-state index contributed by atoms with van der Waals surface area (Å²) in [7, 11) is 0. The van der Waals surface area contributed by atoms with Crippen LogP contribution in [-0.2, 0) is 11.3 Å². The number of aromatic nitrogens is 4. The van der Waals surface area contributed by atoms with Crippen molar-refractivity contribution in [1.29, 1.82) is 0 Å². The zero-order valence-corrected chi connectivity index (χ0v) is 19.2. The molecule has 32 heavy (non-hydrogen) atoms. The average Bonchev–Trinajstić information content (AvgIpc) is 3.36. The second-order valence-electron chi connectivity index (χ2n) is 7.51. The Kier molecular flexibility index (Phi) is 6.00. The van der Waals surface area contributed by atoms with Gasteiger partial charge in [0.05, 0.1) is 0 Å². The molecular weight excluding hydrogens is 424 g/mol. The highest BCUT2D eigenvalue weighted by Gasteiger charge is 2.24. The van der Waals surface area contributed by atoms with Gasteiger partial charge in [-0.25, -0.2) is 4.68 Å². The van der Waals surface area contributed by atoms with Crippen molar-refractivity contribution in [3.05, 3.63) is 59.2 Å². The zero-order valence-electron chi connectivity index (χ0n) is 18.3. The number of nitrogens with one attached hydrogen (secondary N) is 1. The van der Waals surface area contributed by atoms with Gasteiger partial charge in [0.2, 0.25) is 11.7 Å². The number of nitrogens with zero attached hydrogens (tertiary/aromatic N) is 4. The van der Waals surface area contributed by atoms with E-state index in [9.17, 15) is 4.79 Å². The van der Waals surface area contributed by atoms with Crippen molar-refractivity contribution in [1.82, 2.24) is 19.9 Å². The van der Waals surface area contributed by atoms with E-state index in [0.717, 1.165) is 27.9 Å². The van der Waals surface area contributed by atoms with Gasteiger partial charge in [-0.2, -0.15) is 10.1 Å². The predicted molar refractivity (Wildman–Crippen MR) is 126 cm³/mol. The maximum Gasteiger partial charge on any atom is 0.264 e. The maximum absolute atomic E-state index is 12.7. The third-order valence-corrected chi connectivity index (χ3v) is 5.95. The van der Waals surface area contributed by atoms with Gasteiger partial charge >= 0.3 is 0 Å². The van der Waals surface area contributed by atoms with Crippen LogP contribution in [0, 0.1) is 20.8 Å². The summed E-state index contributed by atoms with van der Waals surface area (Å²) in [5, 5.41) is 12.1. The number of rotatable bonds is 6. The first-order chi connectivity index (χ1) is 15.4. The van der Waals surface area contributed by atoms with E-state index in [1.165, 1.54) is 16.4 Å². The lowest BCUT2D eigenvalue weighted by molar-refractivity contribution is -0.116. The molecule has 0 saturated heterocycles. The maximum atomic E-state index is 12.7. The lowest BCUT2D eigenvalue weighted by Crippen LogP contribution is -2.21. The number of aryl methyl sites for hydroxylation is 2. The van der Waals surface area contributed by atoms with Crippen LogP contribution in [-0.4, -0.2) is 32.1 Å². The first-order valence-electron chi connectivity index (χ1n) is 10.0. The van der Waals surface area contributed by atoms with Crippen molar-refractivity contribution in [3.8, 4) is 22.8 Å². The first kappa shape index (κ1) is 21.6. The van der Waals surface area contributed by atoms with Crippen LogP contribution in [0.4, 0.5) is 11.5 Å². The van der Waals surface area contributed by atoms with Gasteiger partial charge in [0.15, 0.2) is 0 Å². The summed E-state index contributed by atoms with van der Waals surface area (Å²) in [5.74, 6) is 0.804. The number of nitrogens with two attached hydrogens (primary N) is 1. The van der Waals surface area contributed by atoms with Crippen molar-refractivity contribution in [2.45, 2.75) is 32.3 Å². The number of carbonyl (C=O) groups excluding carboxylic acids is 1. The van der Waals surface area contributed by atoms with Crippen molar-refractivity contribution in [2.75, 3.05) is 17.3 Å². The minimum absolute atomic E-state index is 0.0360. The van der Waals surface area contributed by atoms with Crippen molar-refractivity contribution < 1.29 is 9.32 Å². The number of thioether (sulfide) groups is 1. The molecule has 0 aliphatic heterocycles. The Morgan fingerprint density at radius 3 is 2.62 bits per heavy atom. The molecule has 4 aromatic rings. The minimum atomic E-state index is -0.224. The molecule has 4 rings (SSSR count). The molecule has 2 aromatic carbocycles. The highest BCUT2D eigenvalue weighted by molar-refractivity contribution is 7.98. The minimum Gasteiger partial charge on any atom is -0.383 e. The average molecular weight is 449 g/mol. The topological polar surface area (TPSA) is 112 Å². The SMILES string of the molecule is CSc1nn(CC(=O)Nc2cccc(C)c2C)c(N)c1-c1nc(-c2ccc(C)cc2)no1. The molecule has 0 spiro atoms. The molecular formula is C23H24N6O2S. The largest absolute Gasteiger partial charge is 0.383 e. The number of hydrogen-bond donors (Lipinski definition) is 2. The molecule has 8 nitrogen and oxygen atoms in total. The predicted octanol–water partition coefficient (Wildman–Crippen LogP) is 4.47. The molecule has 0 fully saturated rings. The summed E-state index contributed by atoms with van der Waals surface area (Å²) in [6.07, 6.45) is 1.88. The van der Waals surface area contributed by atoms with E-state index in [0.29, 0.717) is 22.2 Å². The van der Waals surface area contributed by atoms with Crippen LogP contribution in [0.15, 0.2) is 52.0 Å². The van der Waals surface area contributed by atoms with Gasteiger partial charge in [-0.15, -0.1) is 11.8 Å². The summed E-state index contributed by atoms with van der Waals surface area (Å²) in [5.41, 5.74) is 11.8. The van der Waals surface area contributed by atoms with Gasteiger partial charge in [-0.05, 0) is 44.2 Å². The number of amides is 1. The molecule has 2 heterocycles. The molecule has 0 radical (unpaired) electrons. The Balaban J connectivity index is 1.59. The molecule has 0 atom stereocenters. The smallest absolute Gasteiger partial charge is 0.264 e. The highest BCUT2D eigenvalue weighted by atomic mass is 32.2. The van der Waals surface area contributed by atoms with Gasteiger partial charge in [-0.3, -0.25) is 4.79 Å². The van der Waals surface area contributed by atoms with Gasteiger partial charge < -0.3 is 15.6 Å². The lowest BCUT2D eigenvalue weighted by atomic mass is 10.1. The lowest BCUT2D eigenvalue weighted by Gasteiger charge is -2.11. The quantitative estimate of drug-likeness (QED) is 0.419. The molecule has 2 aromatic heterocycles. The molecule has 0 saturated carbocycles. The fourth-order valence-corrected chi connectivity index (χ4v) is 3.85. The van der Waals surface area contributed by atoms with E-state index >= 15 is 0 Å². The van der Waals surface area contributed by atoms with Gasteiger partial charge in [0, 0.05) is 11.3 Å². The molecule has 3 N–H and O–H groups in total.